The van der Waals surface area contributed by atoms with E-state index in [0.717, 1.165) is 28.2 Å². The fraction of sp³-hybridized carbons (Fsp3) is 0.320. The van der Waals surface area contributed by atoms with Crippen LogP contribution in [-0.2, 0) is 23.1 Å². The van der Waals surface area contributed by atoms with Crippen LogP contribution in [0.15, 0.2) is 62.9 Å². The topological polar surface area (TPSA) is 97.0 Å². The van der Waals surface area contributed by atoms with Crippen LogP contribution in [0.5, 0.6) is 5.75 Å². The minimum atomic E-state index is -3.95. The monoisotopic (exact) mass is 501 g/mol. The molecule has 1 aliphatic rings. The predicted molar refractivity (Wildman–Crippen MR) is 131 cm³/mol. The Morgan fingerprint density at radius 2 is 1.91 bits per heavy atom. The Labute approximate surface area is 203 Å². The van der Waals surface area contributed by atoms with E-state index < -0.39 is 16.0 Å². The fourth-order valence-corrected chi connectivity index (χ4v) is 6.39. The number of benzene rings is 2. The summed E-state index contributed by atoms with van der Waals surface area (Å²) >= 11 is 1.72. The fourth-order valence-electron chi connectivity index (χ4n) is 3.73. The summed E-state index contributed by atoms with van der Waals surface area (Å²) in [5.41, 5.74) is 2.55. The van der Waals surface area contributed by atoms with Crippen molar-refractivity contribution in [2.75, 3.05) is 16.6 Å². The first-order chi connectivity index (χ1) is 16.1. The van der Waals surface area contributed by atoms with Crippen LogP contribution in [0.25, 0.3) is 0 Å². The molecule has 0 radical (unpaired) electrons. The van der Waals surface area contributed by atoms with E-state index >= 15 is 0 Å². The van der Waals surface area contributed by atoms with E-state index in [9.17, 15) is 13.2 Å². The number of sulfonamides is 1. The molecule has 0 bridgehead atoms. The highest BCUT2D eigenvalue weighted by molar-refractivity contribution is 7.99. The molecule has 4 rings (SSSR count). The second-order valence-corrected chi connectivity index (χ2v) is 11.5. The van der Waals surface area contributed by atoms with Crippen LogP contribution >= 0.6 is 11.8 Å². The maximum Gasteiger partial charge on any atom is 0.335 e. The summed E-state index contributed by atoms with van der Waals surface area (Å²) in [5, 5.41) is 9.01. The smallest absolute Gasteiger partial charge is 0.335 e. The summed E-state index contributed by atoms with van der Waals surface area (Å²) in [7, 11) is -3.95. The van der Waals surface area contributed by atoms with Crippen molar-refractivity contribution in [3.8, 4) is 5.75 Å². The number of ether oxygens (including phenoxy) is 1. The molecular weight excluding hydrogens is 474 g/mol. The second kappa shape index (κ2) is 9.76. The van der Waals surface area contributed by atoms with Gasteiger partial charge in [-0.25, -0.2) is 4.79 Å². The van der Waals surface area contributed by atoms with Gasteiger partial charge in [-0.05, 0) is 66.8 Å². The van der Waals surface area contributed by atoms with E-state index in [2.05, 4.69) is 0 Å². The van der Waals surface area contributed by atoms with Crippen LogP contribution in [0, 0.1) is 12.8 Å². The van der Waals surface area contributed by atoms with Gasteiger partial charge in [0.2, 0.25) is 5.09 Å². The molecule has 2 aromatic carbocycles. The molecule has 7 nitrogen and oxygen atoms in total. The number of hydrogen-bond donors (Lipinski definition) is 1. The number of aryl methyl sites for hydroxylation is 2. The van der Waals surface area contributed by atoms with Crippen molar-refractivity contribution in [3.63, 3.8) is 0 Å². The van der Waals surface area contributed by atoms with Crippen molar-refractivity contribution in [2.45, 2.75) is 43.8 Å². The van der Waals surface area contributed by atoms with Gasteiger partial charge in [-0.1, -0.05) is 26.0 Å². The third-order valence-corrected chi connectivity index (χ3v) is 8.18. The first kappa shape index (κ1) is 24.2. The molecule has 180 valence electrons. The summed E-state index contributed by atoms with van der Waals surface area (Å²) < 4.78 is 40.3. The quantitative estimate of drug-likeness (QED) is 0.421. The Morgan fingerprint density at radius 1 is 1.18 bits per heavy atom. The molecule has 0 unspecified atom stereocenters. The number of carbonyl (C=O) groups is 1. The van der Waals surface area contributed by atoms with Crippen molar-refractivity contribution in [2.24, 2.45) is 5.92 Å². The number of carboxylic acids is 1. The van der Waals surface area contributed by atoms with Gasteiger partial charge in [-0.15, -0.1) is 11.8 Å². The highest BCUT2D eigenvalue weighted by atomic mass is 32.2. The molecule has 1 N–H and O–H groups in total. The molecule has 9 heteroatoms. The Kier molecular flexibility index (Phi) is 6.95. The minimum absolute atomic E-state index is 0.0601. The number of nitrogens with zero attached hydrogens (tertiary/aromatic N) is 1. The Bertz CT molecular complexity index is 1300. The largest absolute Gasteiger partial charge is 0.487 e. The molecule has 0 aliphatic carbocycles. The summed E-state index contributed by atoms with van der Waals surface area (Å²) in [6, 6.07) is 13.4. The molecule has 0 atom stereocenters. The molecule has 0 saturated carbocycles. The van der Waals surface area contributed by atoms with E-state index in [1.165, 1.54) is 22.5 Å². The standard InChI is InChI=1S/C25H27NO6S2/c1-16(2)14-26(34(29,30)24-9-4-17(3)32-24)21-12-20-10-11-33-23(20)13-22(21)31-15-18-5-7-19(8-6-18)25(27)28/h4-9,12-13,16H,10-11,14-15H2,1-3H3,(H,27,28). The maximum absolute atomic E-state index is 13.6. The van der Waals surface area contributed by atoms with Crippen LogP contribution in [0.1, 0.15) is 41.1 Å². The highest BCUT2D eigenvalue weighted by Gasteiger charge is 2.32. The normalized spacial score (nSPS) is 13.2. The van der Waals surface area contributed by atoms with Crippen LogP contribution in [0.2, 0.25) is 0 Å². The Balaban J connectivity index is 1.73. The summed E-state index contributed by atoms with van der Waals surface area (Å²) in [5.74, 6) is 0.985. The maximum atomic E-state index is 13.6. The van der Waals surface area contributed by atoms with Crippen LogP contribution in [0.4, 0.5) is 5.69 Å². The molecular formula is C25H27NO6S2. The molecule has 34 heavy (non-hydrogen) atoms. The number of anilines is 1. The zero-order chi connectivity index (χ0) is 24.5. The van der Waals surface area contributed by atoms with Crippen molar-refractivity contribution >= 4 is 33.4 Å². The number of furan rings is 1. The Morgan fingerprint density at radius 3 is 2.53 bits per heavy atom. The van der Waals surface area contributed by atoms with E-state index in [0.29, 0.717) is 17.2 Å². The number of thioether (sulfide) groups is 1. The second-order valence-electron chi connectivity index (χ2n) is 8.61. The summed E-state index contributed by atoms with van der Waals surface area (Å²) in [6.07, 6.45) is 0.860. The summed E-state index contributed by atoms with van der Waals surface area (Å²) in [6.45, 7) is 6.07. The molecule has 0 fully saturated rings. The van der Waals surface area contributed by atoms with E-state index in [-0.39, 0.29) is 29.7 Å². The van der Waals surface area contributed by atoms with Crippen molar-refractivity contribution in [3.05, 3.63) is 71.0 Å². The number of aromatic carboxylic acids is 1. The van der Waals surface area contributed by atoms with Gasteiger partial charge in [0.15, 0.2) is 0 Å². The molecule has 0 saturated heterocycles. The van der Waals surface area contributed by atoms with Crippen LogP contribution in [0.3, 0.4) is 0 Å². The molecule has 3 aromatic rings. The van der Waals surface area contributed by atoms with E-state index in [4.69, 9.17) is 14.3 Å². The number of fused-ring (bicyclic) bond motifs is 1. The first-order valence-electron chi connectivity index (χ1n) is 11.0. The lowest BCUT2D eigenvalue weighted by Gasteiger charge is -2.27. The van der Waals surface area contributed by atoms with Crippen molar-refractivity contribution in [1.82, 2.24) is 0 Å². The average molecular weight is 502 g/mol. The van der Waals surface area contributed by atoms with Gasteiger partial charge in [-0.2, -0.15) is 8.42 Å². The number of rotatable bonds is 9. The average Bonchev–Trinajstić information content (AvgIpc) is 3.44. The number of hydrogen-bond acceptors (Lipinski definition) is 6. The molecule has 1 aliphatic heterocycles. The van der Waals surface area contributed by atoms with Gasteiger partial charge in [0.05, 0.1) is 11.3 Å². The van der Waals surface area contributed by atoms with Gasteiger partial charge in [0, 0.05) is 17.2 Å². The SMILES string of the molecule is Cc1ccc(S(=O)(=O)N(CC(C)C)c2cc3c(cc2OCc2ccc(C(=O)O)cc2)SCC3)o1. The lowest BCUT2D eigenvalue weighted by molar-refractivity contribution is 0.0697. The lowest BCUT2D eigenvalue weighted by atomic mass is 10.1. The molecule has 1 aromatic heterocycles. The zero-order valence-electron chi connectivity index (χ0n) is 19.3. The Hall–Kier alpha value is -2.91. The summed E-state index contributed by atoms with van der Waals surface area (Å²) in [4.78, 5) is 12.2. The highest BCUT2D eigenvalue weighted by Crippen LogP contribution is 2.42. The van der Waals surface area contributed by atoms with Crippen LogP contribution in [-0.4, -0.2) is 31.8 Å². The lowest BCUT2D eigenvalue weighted by Crippen LogP contribution is -2.34. The van der Waals surface area contributed by atoms with E-state index in [1.54, 1.807) is 36.9 Å². The van der Waals surface area contributed by atoms with Gasteiger partial charge in [-0.3, -0.25) is 4.31 Å². The van der Waals surface area contributed by atoms with Gasteiger partial charge in [0.25, 0.3) is 10.0 Å². The minimum Gasteiger partial charge on any atom is -0.487 e. The van der Waals surface area contributed by atoms with E-state index in [1.807, 2.05) is 26.0 Å². The third-order valence-electron chi connectivity index (χ3n) is 5.43. The van der Waals surface area contributed by atoms with Gasteiger partial charge < -0.3 is 14.3 Å². The molecule has 0 amide bonds. The van der Waals surface area contributed by atoms with Gasteiger partial charge in [0.1, 0.15) is 18.1 Å². The molecule has 0 spiro atoms. The number of carboxylic acid groups (broad SMARTS) is 1. The van der Waals surface area contributed by atoms with Crippen molar-refractivity contribution in [1.29, 1.82) is 0 Å². The van der Waals surface area contributed by atoms with Crippen LogP contribution < -0.4 is 9.04 Å². The van der Waals surface area contributed by atoms with Crippen molar-refractivity contribution < 1.29 is 27.5 Å². The predicted octanol–water partition coefficient (Wildman–Crippen LogP) is 5.36. The third kappa shape index (κ3) is 5.10. The molecule has 2 heterocycles. The zero-order valence-corrected chi connectivity index (χ0v) is 20.9. The van der Waals surface area contributed by atoms with Gasteiger partial charge >= 0.3 is 5.97 Å². The first-order valence-corrected chi connectivity index (χ1v) is 13.4.